The van der Waals surface area contributed by atoms with Gasteiger partial charge >= 0.3 is 5.97 Å². The molecule has 3 aromatic carbocycles. The predicted octanol–water partition coefficient (Wildman–Crippen LogP) is 5.09. The lowest BCUT2D eigenvalue weighted by Crippen LogP contribution is -2.47. The number of rotatable bonds is 14. The molecule has 226 valence electrons. The van der Waals surface area contributed by atoms with E-state index in [-0.39, 0.29) is 23.4 Å². The Bertz CT molecular complexity index is 1480. The Balaban J connectivity index is 1.37. The Morgan fingerprint density at radius 3 is 2.33 bits per heavy atom. The standard InChI is InChI=1S/C34H44N2O5S/c1-5-26-20-30(29-12-8-9-24(17-29)13-16-33(38)39)14-15-32(26)42(40,41)36(4)23-31(37)22-35-34(2,3)21-25-18-27-10-6-7-11-28(27)19-25/h6-12,14-15,17,20,25,31,35,37H,5,13,16,18-19,21-23H2,1-4H3,(H,38,39)/t31-/m0/s1. The second kappa shape index (κ2) is 13.5. The van der Waals surface area contributed by atoms with Crippen LogP contribution in [-0.2, 0) is 40.5 Å². The minimum Gasteiger partial charge on any atom is -0.481 e. The zero-order valence-electron chi connectivity index (χ0n) is 25.1. The molecule has 0 saturated carbocycles. The molecule has 0 unspecified atom stereocenters. The van der Waals surface area contributed by atoms with Crippen LogP contribution < -0.4 is 5.32 Å². The van der Waals surface area contributed by atoms with E-state index in [0.717, 1.165) is 36.0 Å². The van der Waals surface area contributed by atoms with Gasteiger partial charge in [0.15, 0.2) is 0 Å². The summed E-state index contributed by atoms with van der Waals surface area (Å²) in [5.41, 5.74) is 6.06. The Morgan fingerprint density at radius 1 is 1.02 bits per heavy atom. The highest BCUT2D eigenvalue weighted by Crippen LogP contribution is 2.32. The number of carboxylic acids is 1. The largest absolute Gasteiger partial charge is 0.481 e. The summed E-state index contributed by atoms with van der Waals surface area (Å²) in [4.78, 5) is 11.2. The van der Waals surface area contributed by atoms with Gasteiger partial charge in [0.25, 0.3) is 0 Å². The number of aliphatic hydroxyl groups is 1. The van der Waals surface area contributed by atoms with Crippen molar-refractivity contribution in [3.05, 3.63) is 89.0 Å². The van der Waals surface area contributed by atoms with Crippen molar-refractivity contribution in [1.29, 1.82) is 0 Å². The molecule has 3 N–H and O–H groups in total. The molecular weight excluding hydrogens is 548 g/mol. The number of aliphatic hydroxyl groups excluding tert-OH is 1. The molecule has 1 atom stereocenters. The highest BCUT2D eigenvalue weighted by molar-refractivity contribution is 7.89. The van der Waals surface area contributed by atoms with Crippen molar-refractivity contribution in [2.75, 3.05) is 20.1 Å². The Hall–Kier alpha value is -3.04. The first-order chi connectivity index (χ1) is 19.9. The van der Waals surface area contributed by atoms with Crippen molar-refractivity contribution < 1.29 is 23.4 Å². The lowest BCUT2D eigenvalue weighted by Gasteiger charge is -2.31. The average molecular weight is 593 g/mol. The highest BCUT2D eigenvalue weighted by atomic mass is 32.2. The molecule has 0 amide bonds. The number of β-amino-alcohol motifs (C(OH)–C–C–N with tert-alkyl or cyclic N) is 1. The first-order valence-electron chi connectivity index (χ1n) is 14.8. The maximum absolute atomic E-state index is 13.6. The number of aliphatic carboxylic acids is 1. The Labute approximate surface area is 250 Å². The molecule has 0 radical (unpaired) electrons. The zero-order valence-corrected chi connectivity index (χ0v) is 26.0. The van der Waals surface area contributed by atoms with Gasteiger partial charge in [-0.15, -0.1) is 0 Å². The van der Waals surface area contributed by atoms with Crippen molar-refractivity contribution in [1.82, 2.24) is 9.62 Å². The van der Waals surface area contributed by atoms with Gasteiger partial charge in [-0.25, -0.2) is 8.42 Å². The van der Waals surface area contributed by atoms with Crippen LogP contribution in [0, 0.1) is 5.92 Å². The number of nitrogens with zero attached hydrogens (tertiary/aromatic N) is 1. The lowest BCUT2D eigenvalue weighted by atomic mass is 9.88. The highest BCUT2D eigenvalue weighted by Gasteiger charge is 2.30. The molecule has 0 saturated heterocycles. The van der Waals surface area contributed by atoms with Crippen molar-refractivity contribution >= 4 is 16.0 Å². The van der Waals surface area contributed by atoms with Crippen molar-refractivity contribution in [3.8, 4) is 11.1 Å². The van der Waals surface area contributed by atoms with Gasteiger partial charge in [0, 0.05) is 32.1 Å². The number of carbonyl (C=O) groups is 1. The van der Waals surface area contributed by atoms with Crippen LogP contribution in [0.4, 0.5) is 0 Å². The van der Waals surface area contributed by atoms with E-state index in [1.807, 2.05) is 37.3 Å². The number of hydrogen-bond donors (Lipinski definition) is 3. The fraction of sp³-hybridized carbons (Fsp3) is 0.441. The fourth-order valence-electron chi connectivity index (χ4n) is 6.05. The first kappa shape index (κ1) is 31.9. The van der Waals surface area contributed by atoms with Crippen molar-refractivity contribution in [3.63, 3.8) is 0 Å². The van der Waals surface area contributed by atoms with Crippen LogP contribution in [0.5, 0.6) is 0 Å². The Kier molecular flexibility index (Phi) is 10.3. The van der Waals surface area contributed by atoms with E-state index >= 15 is 0 Å². The minimum absolute atomic E-state index is 0.0171. The van der Waals surface area contributed by atoms with E-state index in [9.17, 15) is 18.3 Å². The van der Waals surface area contributed by atoms with Crippen molar-refractivity contribution in [2.24, 2.45) is 5.92 Å². The van der Waals surface area contributed by atoms with Gasteiger partial charge in [0.1, 0.15) is 0 Å². The topological polar surface area (TPSA) is 107 Å². The summed E-state index contributed by atoms with van der Waals surface area (Å²) < 4.78 is 28.4. The van der Waals surface area contributed by atoms with Crippen LogP contribution in [0.25, 0.3) is 11.1 Å². The molecule has 3 aromatic rings. The quantitative estimate of drug-likeness (QED) is 0.241. The maximum atomic E-state index is 13.6. The fourth-order valence-corrected chi connectivity index (χ4v) is 7.53. The van der Waals surface area contributed by atoms with Crippen LogP contribution in [0.3, 0.4) is 0 Å². The summed E-state index contributed by atoms with van der Waals surface area (Å²) in [7, 11) is -2.31. The molecule has 0 bridgehead atoms. The molecule has 0 spiro atoms. The smallest absolute Gasteiger partial charge is 0.303 e. The monoisotopic (exact) mass is 592 g/mol. The maximum Gasteiger partial charge on any atom is 0.303 e. The van der Waals surface area contributed by atoms with Gasteiger partial charge in [-0.2, -0.15) is 4.31 Å². The van der Waals surface area contributed by atoms with Crippen LogP contribution in [0.1, 0.15) is 55.9 Å². The molecule has 0 fully saturated rings. The number of benzene rings is 3. The zero-order chi connectivity index (χ0) is 30.5. The molecule has 1 aliphatic rings. The summed E-state index contributed by atoms with van der Waals surface area (Å²) in [5, 5.41) is 23.3. The number of likely N-dealkylation sites (N-methyl/N-ethyl adjacent to an activating group) is 1. The summed E-state index contributed by atoms with van der Waals surface area (Å²) >= 11 is 0. The van der Waals surface area contributed by atoms with Crippen LogP contribution in [0.15, 0.2) is 71.6 Å². The van der Waals surface area contributed by atoms with Gasteiger partial charge < -0.3 is 15.5 Å². The first-order valence-corrected chi connectivity index (χ1v) is 16.2. The number of carboxylic acid groups (broad SMARTS) is 1. The lowest BCUT2D eigenvalue weighted by molar-refractivity contribution is -0.136. The molecule has 4 rings (SSSR count). The van der Waals surface area contributed by atoms with E-state index in [4.69, 9.17) is 5.11 Å². The third-order valence-corrected chi connectivity index (χ3v) is 10.2. The van der Waals surface area contributed by atoms with Gasteiger partial charge in [-0.05, 0) is 97.4 Å². The number of hydrogen-bond acceptors (Lipinski definition) is 5. The normalized spacial score (nSPS) is 14.7. The summed E-state index contributed by atoms with van der Waals surface area (Å²) in [6.07, 6.45) is 3.27. The molecule has 0 aromatic heterocycles. The second-order valence-electron chi connectivity index (χ2n) is 12.2. The van der Waals surface area contributed by atoms with Gasteiger partial charge in [0.2, 0.25) is 10.0 Å². The molecule has 42 heavy (non-hydrogen) atoms. The second-order valence-corrected chi connectivity index (χ2v) is 14.2. The third kappa shape index (κ3) is 8.07. The number of aryl methyl sites for hydroxylation is 2. The van der Waals surface area contributed by atoms with Gasteiger partial charge in [0.05, 0.1) is 11.0 Å². The Morgan fingerprint density at radius 2 is 1.69 bits per heavy atom. The van der Waals surface area contributed by atoms with Crippen LogP contribution in [-0.4, -0.2) is 60.7 Å². The molecule has 7 nitrogen and oxygen atoms in total. The molecule has 1 aliphatic carbocycles. The molecule has 0 aliphatic heterocycles. The predicted molar refractivity (Wildman–Crippen MR) is 167 cm³/mol. The minimum atomic E-state index is -3.82. The van der Waals surface area contributed by atoms with Crippen LogP contribution in [0.2, 0.25) is 0 Å². The van der Waals surface area contributed by atoms with E-state index in [1.54, 1.807) is 12.1 Å². The molecular formula is C34H44N2O5S. The van der Waals surface area contributed by atoms with E-state index in [2.05, 4.69) is 43.4 Å². The summed E-state index contributed by atoms with van der Waals surface area (Å²) in [5.74, 6) is -0.292. The van der Waals surface area contributed by atoms with Crippen LogP contribution >= 0.6 is 0 Å². The van der Waals surface area contributed by atoms with E-state index < -0.39 is 22.1 Å². The average Bonchev–Trinajstić information content (AvgIpc) is 3.36. The number of nitrogens with one attached hydrogen (secondary N) is 1. The summed E-state index contributed by atoms with van der Waals surface area (Å²) in [6, 6.07) is 21.6. The number of fused-ring (bicyclic) bond motifs is 1. The third-order valence-electron chi connectivity index (χ3n) is 8.24. The number of sulfonamides is 1. The van der Waals surface area contributed by atoms with E-state index in [1.165, 1.54) is 22.5 Å². The van der Waals surface area contributed by atoms with E-state index in [0.29, 0.717) is 30.9 Å². The van der Waals surface area contributed by atoms with Gasteiger partial charge in [-0.1, -0.05) is 61.5 Å². The molecule has 8 heteroatoms. The SMILES string of the molecule is CCc1cc(-c2cccc(CCC(=O)O)c2)ccc1S(=O)(=O)N(C)C[C@@H](O)CNC(C)(C)CC1Cc2ccccc2C1. The van der Waals surface area contributed by atoms with Gasteiger partial charge in [-0.3, -0.25) is 4.79 Å². The van der Waals surface area contributed by atoms with Crippen molar-refractivity contribution in [2.45, 2.75) is 75.8 Å². The molecule has 0 heterocycles. The summed E-state index contributed by atoms with van der Waals surface area (Å²) in [6.45, 7) is 6.48.